The molecule has 2 saturated carbocycles. The van der Waals surface area contributed by atoms with Crippen molar-refractivity contribution in [3.05, 3.63) is 29.3 Å². The van der Waals surface area contributed by atoms with E-state index in [1.54, 1.807) is 0 Å². The summed E-state index contributed by atoms with van der Waals surface area (Å²) in [6.45, 7) is 2.79. The van der Waals surface area contributed by atoms with Crippen LogP contribution in [0.3, 0.4) is 0 Å². The van der Waals surface area contributed by atoms with E-state index in [0.29, 0.717) is 22.7 Å². The van der Waals surface area contributed by atoms with E-state index in [2.05, 4.69) is 22.4 Å². The van der Waals surface area contributed by atoms with Crippen LogP contribution in [0.5, 0.6) is 0 Å². The van der Waals surface area contributed by atoms with E-state index in [1.807, 2.05) is 28.8 Å². The lowest BCUT2D eigenvalue weighted by molar-refractivity contribution is -0.119. The Morgan fingerprint density at radius 3 is 2.92 bits per heavy atom. The first-order valence-electron chi connectivity index (χ1n) is 9.25. The smallest absolute Gasteiger partial charge is 0.230 e. The molecule has 3 atom stereocenters. The lowest BCUT2D eigenvalue weighted by Crippen LogP contribution is -2.39. The second-order valence-corrected chi connectivity index (χ2v) is 8.58. The van der Waals surface area contributed by atoms with Crippen LogP contribution in [0, 0.1) is 11.8 Å². The zero-order valence-electron chi connectivity index (χ0n) is 14.8. The van der Waals surface area contributed by atoms with Crippen molar-refractivity contribution in [1.82, 2.24) is 20.1 Å². The molecule has 2 aliphatic rings. The Hall–Kier alpha value is -1.53. The number of benzene rings is 1. The minimum atomic E-state index is 0.0995. The van der Waals surface area contributed by atoms with Crippen LogP contribution in [-0.2, 0) is 11.3 Å². The molecule has 1 N–H and O–H groups in total. The maximum atomic E-state index is 12.4. The van der Waals surface area contributed by atoms with Gasteiger partial charge in [0, 0.05) is 23.2 Å². The number of nitrogens with one attached hydrogen (secondary N) is 1. The third-order valence-electron chi connectivity index (χ3n) is 5.53. The molecular weight excluding hydrogens is 368 g/mol. The van der Waals surface area contributed by atoms with Crippen molar-refractivity contribution in [2.45, 2.75) is 50.4 Å². The van der Waals surface area contributed by atoms with Gasteiger partial charge >= 0.3 is 0 Å². The van der Waals surface area contributed by atoms with Gasteiger partial charge in [-0.3, -0.25) is 4.79 Å². The third-order valence-corrected chi connectivity index (χ3v) is 6.73. The number of halogens is 1. The maximum absolute atomic E-state index is 12.4. The largest absolute Gasteiger partial charge is 0.352 e. The van der Waals surface area contributed by atoms with Crippen LogP contribution in [0.1, 0.15) is 32.6 Å². The summed E-state index contributed by atoms with van der Waals surface area (Å²) in [7, 11) is 0. The summed E-state index contributed by atoms with van der Waals surface area (Å²) in [5.41, 5.74) is 0.935. The van der Waals surface area contributed by atoms with Crippen molar-refractivity contribution in [3.63, 3.8) is 0 Å². The van der Waals surface area contributed by atoms with Crippen LogP contribution in [0.15, 0.2) is 29.4 Å². The summed E-state index contributed by atoms with van der Waals surface area (Å²) in [4.78, 5) is 12.4. The second kappa shape index (κ2) is 7.61. The van der Waals surface area contributed by atoms with Gasteiger partial charge in [0.25, 0.3) is 0 Å². The van der Waals surface area contributed by atoms with Crippen LogP contribution in [0.25, 0.3) is 11.4 Å². The Morgan fingerprint density at radius 2 is 2.23 bits per heavy atom. The number of fused-ring (bicyclic) bond motifs is 2. The van der Waals surface area contributed by atoms with Gasteiger partial charge in [-0.25, -0.2) is 0 Å². The Kier molecular flexibility index (Phi) is 5.23. The molecule has 7 heteroatoms. The number of hydrogen-bond acceptors (Lipinski definition) is 4. The highest BCUT2D eigenvalue weighted by Crippen LogP contribution is 2.44. The van der Waals surface area contributed by atoms with Gasteiger partial charge < -0.3 is 9.88 Å². The average Bonchev–Trinajstić information content (AvgIpc) is 3.34. The van der Waals surface area contributed by atoms with Crippen LogP contribution in [-0.4, -0.2) is 32.5 Å². The van der Waals surface area contributed by atoms with Crippen LogP contribution < -0.4 is 5.32 Å². The highest BCUT2D eigenvalue weighted by molar-refractivity contribution is 7.99. The standard InChI is InChI=1S/C19H23ClN4OS/c1-2-24-18(14-4-3-5-15(20)10-14)22-23-19(24)26-11-17(25)21-16-9-12-6-7-13(16)8-12/h3-5,10,12-13,16H,2,6-9,11H2,1H3,(H,21,25)/t12-,13-,16+/m0/s1. The summed E-state index contributed by atoms with van der Waals surface area (Å²) in [5, 5.41) is 13.3. The average molecular weight is 391 g/mol. The van der Waals surface area contributed by atoms with E-state index in [1.165, 1.54) is 31.0 Å². The summed E-state index contributed by atoms with van der Waals surface area (Å²) in [5.74, 6) is 2.79. The fourth-order valence-electron chi connectivity index (χ4n) is 4.32. The molecule has 5 nitrogen and oxygen atoms in total. The Morgan fingerprint density at radius 1 is 1.35 bits per heavy atom. The van der Waals surface area contributed by atoms with E-state index < -0.39 is 0 Å². The monoisotopic (exact) mass is 390 g/mol. The van der Waals surface area contributed by atoms with E-state index in [-0.39, 0.29) is 5.91 Å². The summed E-state index contributed by atoms with van der Waals surface area (Å²) in [6, 6.07) is 7.98. The van der Waals surface area contributed by atoms with Gasteiger partial charge in [-0.05, 0) is 50.2 Å². The maximum Gasteiger partial charge on any atom is 0.230 e. The van der Waals surface area contributed by atoms with E-state index in [4.69, 9.17) is 11.6 Å². The molecule has 2 aromatic rings. The zero-order valence-corrected chi connectivity index (χ0v) is 16.4. The summed E-state index contributed by atoms with van der Waals surface area (Å²) >= 11 is 7.54. The number of hydrogen-bond donors (Lipinski definition) is 1. The Balaban J connectivity index is 1.39. The lowest BCUT2D eigenvalue weighted by atomic mass is 9.95. The van der Waals surface area contributed by atoms with Gasteiger partial charge in [0.2, 0.25) is 5.91 Å². The molecule has 0 unspecified atom stereocenters. The summed E-state index contributed by atoms with van der Waals surface area (Å²) in [6.07, 6.45) is 5.07. The number of thioether (sulfide) groups is 1. The van der Waals surface area contributed by atoms with Gasteiger partial charge in [-0.1, -0.05) is 41.9 Å². The molecule has 4 rings (SSSR count). The first kappa shape index (κ1) is 17.9. The minimum Gasteiger partial charge on any atom is -0.352 e. The molecule has 0 spiro atoms. The van der Waals surface area contributed by atoms with Gasteiger partial charge in [0.1, 0.15) is 0 Å². The van der Waals surface area contributed by atoms with Crippen molar-refractivity contribution in [2.24, 2.45) is 11.8 Å². The molecule has 1 aromatic heterocycles. The number of rotatable bonds is 6. The zero-order chi connectivity index (χ0) is 18.1. The van der Waals surface area contributed by atoms with Crippen molar-refractivity contribution >= 4 is 29.3 Å². The Bertz CT molecular complexity index is 809. The SMILES string of the molecule is CCn1c(SCC(=O)N[C@@H]2C[C@H]3CC[C@H]2C3)nnc1-c1cccc(Cl)c1. The normalized spacial score (nSPS) is 24.2. The number of amides is 1. The molecule has 1 amide bonds. The highest BCUT2D eigenvalue weighted by atomic mass is 35.5. The predicted octanol–water partition coefficient (Wildman–Crippen LogP) is 4.02. The number of nitrogens with zero attached hydrogens (tertiary/aromatic N) is 3. The number of carbonyl (C=O) groups is 1. The van der Waals surface area contributed by atoms with Gasteiger partial charge in [0.15, 0.2) is 11.0 Å². The Labute approximate surface area is 162 Å². The van der Waals surface area contributed by atoms with Gasteiger partial charge in [-0.2, -0.15) is 0 Å². The van der Waals surface area contributed by atoms with E-state index in [9.17, 15) is 4.79 Å². The quantitative estimate of drug-likeness (QED) is 0.757. The topological polar surface area (TPSA) is 59.8 Å². The van der Waals surface area contributed by atoms with Gasteiger partial charge in [-0.15, -0.1) is 10.2 Å². The molecule has 138 valence electrons. The fraction of sp³-hybridized carbons (Fsp3) is 0.526. The first-order chi connectivity index (χ1) is 12.6. The lowest BCUT2D eigenvalue weighted by Gasteiger charge is -2.22. The molecule has 26 heavy (non-hydrogen) atoms. The molecule has 2 bridgehead atoms. The highest BCUT2D eigenvalue weighted by Gasteiger charge is 2.40. The molecule has 0 radical (unpaired) electrons. The number of aromatic nitrogens is 3. The van der Waals surface area contributed by atoms with Crippen molar-refractivity contribution in [2.75, 3.05) is 5.75 Å². The molecule has 2 fully saturated rings. The molecule has 1 heterocycles. The van der Waals surface area contributed by atoms with Crippen LogP contribution in [0.2, 0.25) is 5.02 Å². The van der Waals surface area contributed by atoms with Crippen molar-refractivity contribution < 1.29 is 4.79 Å². The molecule has 1 aromatic carbocycles. The predicted molar refractivity (Wildman–Crippen MR) is 104 cm³/mol. The fourth-order valence-corrected chi connectivity index (χ4v) is 5.33. The van der Waals surface area contributed by atoms with E-state index in [0.717, 1.165) is 35.4 Å². The van der Waals surface area contributed by atoms with Crippen molar-refractivity contribution in [3.8, 4) is 11.4 Å². The van der Waals surface area contributed by atoms with Crippen LogP contribution in [0.4, 0.5) is 0 Å². The van der Waals surface area contributed by atoms with Gasteiger partial charge in [0.05, 0.1) is 5.75 Å². The minimum absolute atomic E-state index is 0.0995. The first-order valence-corrected chi connectivity index (χ1v) is 10.6. The number of carbonyl (C=O) groups excluding carboxylic acids is 1. The molecule has 2 aliphatic carbocycles. The molecular formula is C19H23ClN4OS. The molecule has 0 saturated heterocycles. The van der Waals surface area contributed by atoms with E-state index >= 15 is 0 Å². The molecule has 0 aliphatic heterocycles. The van der Waals surface area contributed by atoms with Crippen molar-refractivity contribution in [1.29, 1.82) is 0 Å². The third kappa shape index (κ3) is 3.62. The summed E-state index contributed by atoms with van der Waals surface area (Å²) < 4.78 is 2.03. The second-order valence-electron chi connectivity index (χ2n) is 7.20. The van der Waals surface area contributed by atoms with Crippen LogP contribution >= 0.6 is 23.4 Å².